The van der Waals surface area contributed by atoms with E-state index >= 15 is 0 Å². The van der Waals surface area contributed by atoms with E-state index in [1.54, 1.807) is 29.9 Å². The van der Waals surface area contributed by atoms with Gasteiger partial charge in [-0.2, -0.15) is 5.10 Å². The number of aromatic nitrogens is 3. The Labute approximate surface area is 157 Å². The summed E-state index contributed by atoms with van der Waals surface area (Å²) in [4.78, 5) is 17.4. The number of hydrogen-bond donors (Lipinski definition) is 2. The summed E-state index contributed by atoms with van der Waals surface area (Å²) in [5.74, 6) is -0.246. The standard InChI is InChI=1S/C18H21N5O3S/c1-10-9-15(16-12(3)22-23(4)17(16)20-10)18(24)21-11(2)13-5-7-14(8-6-13)27(19,25)26/h5-9,11H,1-4H3,(H,21,24)(H2,19,25,26)/t11-/m1/s1. The molecule has 0 aliphatic rings. The molecule has 2 aromatic heterocycles. The molecule has 0 aliphatic heterocycles. The van der Waals surface area contributed by atoms with Crippen molar-refractivity contribution in [2.24, 2.45) is 12.2 Å². The lowest BCUT2D eigenvalue weighted by molar-refractivity contribution is 0.0941. The van der Waals surface area contributed by atoms with Crippen LogP contribution in [0, 0.1) is 13.8 Å². The zero-order valence-corrected chi connectivity index (χ0v) is 16.3. The molecule has 3 rings (SSSR count). The summed E-state index contributed by atoms with van der Waals surface area (Å²) in [6.45, 7) is 5.49. The minimum atomic E-state index is -3.75. The van der Waals surface area contributed by atoms with E-state index in [0.717, 1.165) is 22.3 Å². The van der Waals surface area contributed by atoms with Gasteiger partial charge < -0.3 is 5.32 Å². The van der Waals surface area contributed by atoms with E-state index in [0.29, 0.717) is 11.2 Å². The number of carbonyl (C=O) groups excluding carboxylic acids is 1. The molecule has 1 aromatic carbocycles. The fraction of sp³-hybridized carbons (Fsp3) is 0.278. The van der Waals surface area contributed by atoms with E-state index in [4.69, 9.17) is 5.14 Å². The third kappa shape index (κ3) is 3.69. The molecular weight excluding hydrogens is 366 g/mol. The van der Waals surface area contributed by atoms with E-state index in [1.165, 1.54) is 12.1 Å². The van der Waals surface area contributed by atoms with Crippen molar-refractivity contribution < 1.29 is 13.2 Å². The molecule has 0 saturated heterocycles. The molecule has 2 heterocycles. The molecule has 27 heavy (non-hydrogen) atoms. The number of pyridine rings is 1. The van der Waals surface area contributed by atoms with Crippen molar-refractivity contribution in [3.05, 3.63) is 52.8 Å². The molecule has 0 radical (unpaired) electrons. The zero-order valence-electron chi connectivity index (χ0n) is 15.5. The third-order valence-electron chi connectivity index (χ3n) is 4.40. The first-order valence-electron chi connectivity index (χ1n) is 8.32. The Bertz CT molecular complexity index is 1130. The van der Waals surface area contributed by atoms with Gasteiger partial charge in [0, 0.05) is 12.7 Å². The van der Waals surface area contributed by atoms with Gasteiger partial charge in [-0.25, -0.2) is 18.5 Å². The lowest BCUT2D eigenvalue weighted by atomic mass is 10.1. The van der Waals surface area contributed by atoms with E-state index in [-0.39, 0.29) is 16.8 Å². The number of carbonyl (C=O) groups is 1. The molecule has 0 aliphatic carbocycles. The number of hydrogen-bond acceptors (Lipinski definition) is 5. The van der Waals surface area contributed by atoms with E-state index in [9.17, 15) is 13.2 Å². The van der Waals surface area contributed by atoms with Gasteiger partial charge in [0.15, 0.2) is 5.65 Å². The highest BCUT2D eigenvalue weighted by Gasteiger charge is 2.19. The molecule has 0 unspecified atom stereocenters. The Balaban J connectivity index is 1.90. The first kappa shape index (κ1) is 19.0. The second-order valence-electron chi connectivity index (χ2n) is 6.53. The molecule has 0 bridgehead atoms. The predicted molar refractivity (Wildman–Crippen MR) is 102 cm³/mol. The smallest absolute Gasteiger partial charge is 0.252 e. The monoisotopic (exact) mass is 387 g/mol. The first-order valence-corrected chi connectivity index (χ1v) is 9.87. The zero-order chi connectivity index (χ0) is 19.9. The first-order chi connectivity index (χ1) is 12.6. The summed E-state index contributed by atoms with van der Waals surface area (Å²) in [5, 5.41) is 13.1. The van der Waals surface area contributed by atoms with Crippen LogP contribution in [0.2, 0.25) is 0 Å². The number of primary sulfonamides is 1. The number of nitrogens with two attached hydrogens (primary N) is 1. The number of sulfonamides is 1. The normalized spacial score (nSPS) is 12.9. The highest BCUT2D eigenvalue weighted by atomic mass is 32.2. The maximum atomic E-state index is 12.9. The topological polar surface area (TPSA) is 120 Å². The van der Waals surface area contributed by atoms with Crippen molar-refractivity contribution in [2.75, 3.05) is 0 Å². The molecular formula is C18H21N5O3S. The van der Waals surface area contributed by atoms with Crippen LogP contribution in [0.4, 0.5) is 0 Å². The number of nitrogens with one attached hydrogen (secondary N) is 1. The van der Waals surface area contributed by atoms with Crippen molar-refractivity contribution in [3.8, 4) is 0 Å². The van der Waals surface area contributed by atoms with Crippen LogP contribution >= 0.6 is 0 Å². The fourth-order valence-corrected chi connectivity index (χ4v) is 3.57. The number of amides is 1. The molecule has 1 amide bonds. The highest BCUT2D eigenvalue weighted by Crippen LogP contribution is 2.23. The highest BCUT2D eigenvalue weighted by molar-refractivity contribution is 7.89. The maximum absolute atomic E-state index is 12.9. The minimum Gasteiger partial charge on any atom is -0.345 e. The Kier molecular flexibility index (Phi) is 4.75. The minimum absolute atomic E-state index is 0.0298. The third-order valence-corrected chi connectivity index (χ3v) is 5.33. The van der Waals surface area contributed by atoms with Crippen LogP contribution in [0.15, 0.2) is 35.2 Å². The van der Waals surface area contributed by atoms with Crippen LogP contribution in [0.3, 0.4) is 0 Å². The lowest BCUT2D eigenvalue weighted by Gasteiger charge is -2.15. The van der Waals surface area contributed by atoms with Gasteiger partial charge in [0.2, 0.25) is 10.0 Å². The van der Waals surface area contributed by atoms with Crippen molar-refractivity contribution in [3.63, 3.8) is 0 Å². The number of rotatable bonds is 4. The molecule has 0 fully saturated rings. The summed E-state index contributed by atoms with van der Waals surface area (Å²) < 4.78 is 24.4. The van der Waals surface area contributed by atoms with E-state index < -0.39 is 10.0 Å². The second-order valence-corrected chi connectivity index (χ2v) is 8.09. The van der Waals surface area contributed by atoms with Crippen molar-refractivity contribution in [1.29, 1.82) is 0 Å². The van der Waals surface area contributed by atoms with Crippen LogP contribution in [0.5, 0.6) is 0 Å². The van der Waals surface area contributed by atoms with Gasteiger partial charge in [-0.3, -0.25) is 9.48 Å². The van der Waals surface area contributed by atoms with Crippen LogP contribution < -0.4 is 10.5 Å². The van der Waals surface area contributed by atoms with E-state index in [1.807, 2.05) is 20.8 Å². The lowest BCUT2D eigenvalue weighted by Crippen LogP contribution is -2.27. The second kappa shape index (κ2) is 6.75. The molecule has 0 saturated carbocycles. The van der Waals surface area contributed by atoms with Gasteiger partial charge >= 0.3 is 0 Å². The summed E-state index contributed by atoms with van der Waals surface area (Å²) >= 11 is 0. The van der Waals surface area contributed by atoms with E-state index in [2.05, 4.69) is 15.4 Å². The Hall–Kier alpha value is -2.78. The van der Waals surface area contributed by atoms with Crippen LogP contribution in [0.25, 0.3) is 11.0 Å². The number of nitrogens with zero attached hydrogens (tertiary/aromatic N) is 3. The van der Waals surface area contributed by atoms with Gasteiger partial charge in [-0.05, 0) is 44.5 Å². The Morgan fingerprint density at radius 1 is 1.22 bits per heavy atom. The average Bonchev–Trinajstić information content (AvgIpc) is 2.87. The predicted octanol–water partition coefficient (Wildman–Crippen LogP) is 1.72. The molecule has 142 valence electrons. The number of benzene rings is 1. The maximum Gasteiger partial charge on any atom is 0.252 e. The number of fused-ring (bicyclic) bond motifs is 1. The Morgan fingerprint density at radius 2 is 1.85 bits per heavy atom. The van der Waals surface area contributed by atoms with Crippen LogP contribution in [0.1, 0.15) is 40.3 Å². The van der Waals surface area contributed by atoms with Crippen molar-refractivity contribution in [2.45, 2.75) is 31.7 Å². The summed E-state index contributed by atoms with van der Waals surface area (Å²) in [6, 6.07) is 7.53. The molecule has 1 atom stereocenters. The molecule has 0 spiro atoms. The molecule has 3 N–H and O–H groups in total. The SMILES string of the molecule is Cc1cc(C(=O)N[C@H](C)c2ccc(S(N)(=O)=O)cc2)c2c(C)nn(C)c2n1. The average molecular weight is 387 g/mol. The molecule has 9 heteroatoms. The Morgan fingerprint density at radius 3 is 2.44 bits per heavy atom. The largest absolute Gasteiger partial charge is 0.345 e. The quantitative estimate of drug-likeness (QED) is 0.706. The van der Waals surface area contributed by atoms with Gasteiger partial charge in [0.25, 0.3) is 5.91 Å². The number of aryl methyl sites for hydroxylation is 3. The van der Waals surface area contributed by atoms with Crippen molar-refractivity contribution in [1.82, 2.24) is 20.1 Å². The van der Waals surface area contributed by atoms with Crippen molar-refractivity contribution >= 4 is 27.0 Å². The molecule has 8 nitrogen and oxygen atoms in total. The van der Waals surface area contributed by atoms with Gasteiger partial charge in [0.05, 0.1) is 27.6 Å². The van der Waals surface area contributed by atoms with Gasteiger partial charge in [-0.1, -0.05) is 12.1 Å². The fourth-order valence-electron chi connectivity index (χ4n) is 3.05. The van der Waals surface area contributed by atoms with Crippen LogP contribution in [-0.4, -0.2) is 29.1 Å². The van der Waals surface area contributed by atoms with Gasteiger partial charge in [0.1, 0.15) is 0 Å². The van der Waals surface area contributed by atoms with Gasteiger partial charge in [-0.15, -0.1) is 0 Å². The summed E-state index contributed by atoms with van der Waals surface area (Å²) in [7, 11) is -1.96. The summed E-state index contributed by atoms with van der Waals surface area (Å²) in [6.07, 6.45) is 0. The summed E-state index contributed by atoms with van der Waals surface area (Å²) in [5.41, 5.74) is 3.38. The van der Waals surface area contributed by atoms with Crippen LogP contribution in [-0.2, 0) is 17.1 Å². The molecule has 3 aromatic rings.